The van der Waals surface area contributed by atoms with E-state index in [2.05, 4.69) is 11.9 Å². The molecule has 4 amide bonds. The second kappa shape index (κ2) is 11.6. The van der Waals surface area contributed by atoms with Crippen LogP contribution in [0.25, 0.3) is 6.08 Å². The van der Waals surface area contributed by atoms with Crippen molar-refractivity contribution in [3.05, 3.63) is 107 Å². The Bertz CT molecular complexity index is 1420. The summed E-state index contributed by atoms with van der Waals surface area (Å²) in [5.41, 5.74) is 4.51. The zero-order chi connectivity index (χ0) is 27.2. The average molecular weight is 511 g/mol. The predicted octanol–water partition coefficient (Wildman–Crippen LogP) is 5.68. The van der Waals surface area contributed by atoms with Gasteiger partial charge in [0, 0.05) is 5.56 Å². The molecule has 194 valence electrons. The highest BCUT2D eigenvalue weighted by Gasteiger charge is 2.37. The summed E-state index contributed by atoms with van der Waals surface area (Å²) in [7, 11) is 0. The lowest BCUT2D eigenvalue weighted by Gasteiger charge is -2.27. The topological polar surface area (TPSA) is 84.9 Å². The van der Waals surface area contributed by atoms with Gasteiger partial charge in [0.05, 0.1) is 12.3 Å². The van der Waals surface area contributed by atoms with Crippen molar-refractivity contribution >= 4 is 29.6 Å². The first-order chi connectivity index (χ1) is 18.3. The number of para-hydroxylation sites is 1. The Morgan fingerprint density at radius 1 is 0.974 bits per heavy atom. The zero-order valence-corrected chi connectivity index (χ0v) is 21.7. The Hall–Kier alpha value is -4.65. The molecule has 0 bridgehead atoms. The standard InChI is InChI=1S/C31H30N2O5/c1-5-9-24-16-23(18-27(37-6-2)28(24)38-19-22-14-12-20(3)13-15-22)17-25-29(34)32-31(36)33(30(25)35)26-11-8-7-10-21(26)4/h5,7-8,10-18H,1,6,9,19H2,2-4H3,(H,32,34,36)/b25-17+. The molecule has 0 unspecified atom stereocenters. The Labute approximate surface area is 222 Å². The molecule has 0 spiro atoms. The zero-order valence-electron chi connectivity index (χ0n) is 21.7. The monoisotopic (exact) mass is 510 g/mol. The van der Waals surface area contributed by atoms with E-state index >= 15 is 0 Å². The fraction of sp³-hybridized carbons (Fsp3) is 0.194. The fourth-order valence-electron chi connectivity index (χ4n) is 4.20. The van der Waals surface area contributed by atoms with Crippen molar-refractivity contribution in [2.75, 3.05) is 11.5 Å². The van der Waals surface area contributed by atoms with Crippen LogP contribution in [0.15, 0.2) is 78.9 Å². The number of nitrogens with one attached hydrogen (secondary N) is 1. The Morgan fingerprint density at radius 3 is 2.39 bits per heavy atom. The molecule has 3 aromatic carbocycles. The lowest BCUT2D eigenvalue weighted by Crippen LogP contribution is -2.54. The van der Waals surface area contributed by atoms with Crippen LogP contribution in [0.1, 0.15) is 34.7 Å². The third-order valence-electron chi connectivity index (χ3n) is 6.09. The van der Waals surface area contributed by atoms with Gasteiger partial charge in [-0.2, -0.15) is 0 Å². The van der Waals surface area contributed by atoms with Gasteiger partial charge in [0.2, 0.25) is 0 Å². The first kappa shape index (κ1) is 26.4. The van der Waals surface area contributed by atoms with E-state index in [0.29, 0.717) is 42.4 Å². The highest BCUT2D eigenvalue weighted by molar-refractivity contribution is 6.39. The maximum absolute atomic E-state index is 13.4. The van der Waals surface area contributed by atoms with Gasteiger partial charge in [0.15, 0.2) is 11.5 Å². The first-order valence-electron chi connectivity index (χ1n) is 12.4. The molecule has 4 rings (SSSR count). The van der Waals surface area contributed by atoms with Gasteiger partial charge in [-0.05, 0) is 68.2 Å². The van der Waals surface area contributed by atoms with Crippen molar-refractivity contribution in [2.45, 2.75) is 33.8 Å². The fourth-order valence-corrected chi connectivity index (χ4v) is 4.20. The van der Waals surface area contributed by atoms with Crippen molar-refractivity contribution in [1.82, 2.24) is 5.32 Å². The van der Waals surface area contributed by atoms with Crippen LogP contribution in [0.3, 0.4) is 0 Å². The number of benzene rings is 3. The van der Waals surface area contributed by atoms with Crippen LogP contribution in [-0.2, 0) is 22.6 Å². The maximum atomic E-state index is 13.4. The van der Waals surface area contributed by atoms with Gasteiger partial charge in [0.1, 0.15) is 12.2 Å². The van der Waals surface area contributed by atoms with Gasteiger partial charge >= 0.3 is 6.03 Å². The molecule has 1 aliphatic rings. The van der Waals surface area contributed by atoms with Crippen LogP contribution >= 0.6 is 0 Å². The van der Waals surface area contributed by atoms with E-state index in [1.165, 1.54) is 6.08 Å². The molecule has 1 N–H and O–H groups in total. The highest BCUT2D eigenvalue weighted by atomic mass is 16.5. The molecule has 7 heteroatoms. The molecular weight excluding hydrogens is 480 g/mol. The molecule has 1 heterocycles. The van der Waals surface area contributed by atoms with Crippen molar-refractivity contribution in [3.63, 3.8) is 0 Å². The number of urea groups is 1. The quantitative estimate of drug-likeness (QED) is 0.228. The van der Waals surface area contributed by atoms with Crippen molar-refractivity contribution in [3.8, 4) is 11.5 Å². The van der Waals surface area contributed by atoms with E-state index in [9.17, 15) is 14.4 Å². The second-order valence-corrected chi connectivity index (χ2v) is 8.95. The van der Waals surface area contributed by atoms with Crippen molar-refractivity contribution < 1.29 is 23.9 Å². The molecule has 0 saturated carbocycles. The number of rotatable bonds is 9. The molecular formula is C31H30N2O5. The molecule has 1 aliphatic heterocycles. The van der Waals surface area contributed by atoms with E-state index in [4.69, 9.17) is 9.47 Å². The number of carbonyl (C=O) groups excluding carboxylic acids is 3. The lowest BCUT2D eigenvalue weighted by molar-refractivity contribution is -0.122. The summed E-state index contributed by atoms with van der Waals surface area (Å²) >= 11 is 0. The molecule has 1 saturated heterocycles. The van der Waals surface area contributed by atoms with Gasteiger partial charge < -0.3 is 9.47 Å². The summed E-state index contributed by atoms with van der Waals surface area (Å²) in [6, 6.07) is 17.8. The third kappa shape index (κ3) is 5.67. The van der Waals surface area contributed by atoms with Crippen LogP contribution in [0.4, 0.5) is 10.5 Å². The SMILES string of the molecule is C=CCc1cc(/C=C2\C(=O)NC(=O)N(c3ccccc3C)C2=O)cc(OCC)c1OCc1ccc(C)cc1. The summed E-state index contributed by atoms with van der Waals surface area (Å²) < 4.78 is 12.1. The van der Waals surface area contributed by atoms with Crippen LogP contribution in [0.5, 0.6) is 11.5 Å². The van der Waals surface area contributed by atoms with E-state index in [1.54, 1.807) is 37.3 Å². The number of anilines is 1. The van der Waals surface area contributed by atoms with Gasteiger partial charge in [-0.25, -0.2) is 9.69 Å². The molecule has 0 radical (unpaired) electrons. The summed E-state index contributed by atoms with van der Waals surface area (Å²) in [4.78, 5) is 39.7. The molecule has 7 nitrogen and oxygen atoms in total. The van der Waals surface area contributed by atoms with E-state index in [1.807, 2.05) is 50.2 Å². The molecule has 0 aliphatic carbocycles. The number of allylic oxidation sites excluding steroid dienone is 1. The summed E-state index contributed by atoms with van der Waals surface area (Å²) in [6.07, 6.45) is 3.69. The number of imide groups is 2. The lowest BCUT2D eigenvalue weighted by atomic mass is 10.0. The minimum atomic E-state index is -0.784. The van der Waals surface area contributed by atoms with E-state index < -0.39 is 17.8 Å². The number of carbonyl (C=O) groups is 3. The van der Waals surface area contributed by atoms with Crippen LogP contribution in [-0.4, -0.2) is 24.5 Å². The predicted molar refractivity (Wildman–Crippen MR) is 147 cm³/mol. The molecule has 38 heavy (non-hydrogen) atoms. The number of ether oxygens (including phenoxy) is 2. The number of barbiturate groups is 1. The minimum Gasteiger partial charge on any atom is -0.490 e. The van der Waals surface area contributed by atoms with Crippen molar-refractivity contribution in [2.24, 2.45) is 0 Å². The smallest absolute Gasteiger partial charge is 0.335 e. The second-order valence-electron chi connectivity index (χ2n) is 8.95. The number of nitrogens with zero attached hydrogens (tertiary/aromatic N) is 1. The molecule has 0 aromatic heterocycles. The van der Waals surface area contributed by atoms with Crippen molar-refractivity contribution in [1.29, 1.82) is 0 Å². The molecule has 0 atom stereocenters. The Kier molecular flexibility index (Phi) is 8.06. The Balaban J connectivity index is 1.72. The third-order valence-corrected chi connectivity index (χ3v) is 6.09. The summed E-state index contributed by atoms with van der Waals surface area (Å²) in [6.45, 7) is 10.3. The summed E-state index contributed by atoms with van der Waals surface area (Å²) in [5, 5.41) is 2.28. The van der Waals surface area contributed by atoms with Gasteiger partial charge in [-0.15, -0.1) is 6.58 Å². The van der Waals surface area contributed by atoms with E-state index in [0.717, 1.165) is 27.2 Å². The average Bonchev–Trinajstić information content (AvgIpc) is 2.88. The van der Waals surface area contributed by atoms with Crippen LogP contribution < -0.4 is 19.7 Å². The van der Waals surface area contributed by atoms with Crippen LogP contribution in [0.2, 0.25) is 0 Å². The van der Waals surface area contributed by atoms with Gasteiger partial charge in [0.25, 0.3) is 11.8 Å². The maximum Gasteiger partial charge on any atom is 0.335 e. The minimum absolute atomic E-state index is 0.159. The van der Waals surface area contributed by atoms with Crippen LogP contribution in [0, 0.1) is 13.8 Å². The molecule has 3 aromatic rings. The number of amides is 4. The normalized spacial score (nSPS) is 14.4. The largest absolute Gasteiger partial charge is 0.490 e. The Morgan fingerprint density at radius 2 is 1.71 bits per heavy atom. The van der Waals surface area contributed by atoms with Gasteiger partial charge in [-0.1, -0.05) is 54.1 Å². The van der Waals surface area contributed by atoms with Gasteiger partial charge in [-0.3, -0.25) is 14.9 Å². The summed E-state index contributed by atoms with van der Waals surface area (Å²) in [5.74, 6) is -0.393. The first-order valence-corrected chi connectivity index (χ1v) is 12.4. The molecule has 1 fully saturated rings. The number of hydrogen-bond acceptors (Lipinski definition) is 5. The number of aryl methyl sites for hydroxylation is 2. The number of hydrogen-bond donors (Lipinski definition) is 1. The van der Waals surface area contributed by atoms with E-state index in [-0.39, 0.29) is 5.57 Å². The highest BCUT2D eigenvalue weighted by Crippen LogP contribution is 2.36.